The molecule has 4 rings (SSSR count). The van der Waals surface area contributed by atoms with E-state index in [0.717, 1.165) is 22.1 Å². The van der Waals surface area contributed by atoms with Gasteiger partial charge in [0.15, 0.2) is 5.65 Å². The second kappa shape index (κ2) is 3.88. The molecule has 0 N–H and O–H groups in total. The van der Waals surface area contributed by atoms with E-state index in [1.165, 1.54) is 5.39 Å². The highest BCUT2D eigenvalue weighted by Gasteiger charge is 2.08. The third kappa shape index (κ3) is 1.50. The van der Waals surface area contributed by atoms with E-state index in [2.05, 4.69) is 39.3 Å². The lowest BCUT2D eigenvalue weighted by Crippen LogP contribution is -1.98. The summed E-state index contributed by atoms with van der Waals surface area (Å²) in [5.41, 5.74) is 1.86. The summed E-state index contributed by atoms with van der Waals surface area (Å²) in [4.78, 5) is 8.33. The molecule has 0 amide bonds. The molecule has 90 valence electrons. The summed E-state index contributed by atoms with van der Waals surface area (Å²) in [5, 5.41) is 7.72. The molecule has 2 heterocycles. The van der Waals surface area contributed by atoms with Gasteiger partial charge >= 0.3 is 0 Å². The predicted molar refractivity (Wildman–Crippen MR) is 74.2 cm³/mol. The number of benzene rings is 2. The maximum absolute atomic E-state index is 4.43. The zero-order valence-electron chi connectivity index (χ0n) is 10.1. The van der Waals surface area contributed by atoms with Crippen molar-refractivity contribution in [2.45, 2.75) is 0 Å². The predicted octanol–water partition coefficient (Wildman–Crippen LogP) is 2.97. The fourth-order valence-corrected chi connectivity index (χ4v) is 2.35. The highest BCUT2D eigenvalue weighted by Crippen LogP contribution is 2.23. The maximum Gasteiger partial charge on any atom is 0.166 e. The molecule has 0 saturated carbocycles. The Morgan fingerprint density at radius 3 is 2.74 bits per heavy atom. The van der Waals surface area contributed by atoms with Crippen molar-refractivity contribution in [2.75, 3.05) is 0 Å². The molecule has 0 radical (unpaired) electrons. The molecule has 19 heavy (non-hydrogen) atoms. The van der Waals surface area contributed by atoms with Crippen LogP contribution in [0, 0.1) is 0 Å². The Kier molecular flexibility index (Phi) is 2.08. The number of hydrogen-bond donors (Lipinski definition) is 0. The fourth-order valence-electron chi connectivity index (χ4n) is 2.35. The lowest BCUT2D eigenvalue weighted by Gasteiger charge is -2.07. The Labute approximate surface area is 109 Å². The third-order valence-corrected chi connectivity index (χ3v) is 3.23. The van der Waals surface area contributed by atoms with Crippen molar-refractivity contribution in [3.63, 3.8) is 0 Å². The van der Waals surface area contributed by atoms with Gasteiger partial charge in [0.05, 0.1) is 17.3 Å². The summed E-state index contributed by atoms with van der Waals surface area (Å²) < 4.78 is 1.86. The van der Waals surface area contributed by atoms with Gasteiger partial charge in [-0.3, -0.25) is 0 Å². The van der Waals surface area contributed by atoms with Crippen molar-refractivity contribution in [3.8, 4) is 5.69 Å². The Bertz CT molecular complexity index is 874. The third-order valence-electron chi connectivity index (χ3n) is 3.23. The second-order valence-corrected chi connectivity index (χ2v) is 4.36. The topological polar surface area (TPSA) is 43.6 Å². The average Bonchev–Trinajstić information content (AvgIpc) is 2.90. The lowest BCUT2D eigenvalue weighted by atomic mass is 10.1. The lowest BCUT2D eigenvalue weighted by molar-refractivity contribution is 0.902. The van der Waals surface area contributed by atoms with Crippen molar-refractivity contribution in [3.05, 3.63) is 61.2 Å². The van der Waals surface area contributed by atoms with E-state index in [-0.39, 0.29) is 0 Å². The minimum absolute atomic E-state index is 0.825. The quantitative estimate of drug-likeness (QED) is 0.518. The molecular weight excluding hydrogens is 236 g/mol. The first-order chi connectivity index (χ1) is 9.43. The number of nitrogens with zero attached hydrogens (tertiary/aromatic N) is 4. The van der Waals surface area contributed by atoms with Crippen molar-refractivity contribution in [2.24, 2.45) is 0 Å². The van der Waals surface area contributed by atoms with E-state index in [4.69, 9.17) is 0 Å². The Hall–Kier alpha value is -2.75. The van der Waals surface area contributed by atoms with Gasteiger partial charge in [-0.25, -0.2) is 14.6 Å². The van der Waals surface area contributed by atoms with Crippen molar-refractivity contribution in [1.29, 1.82) is 0 Å². The molecule has 4 aromatic rings. The van der Waals surface area contributed by atoms with Crippen LogP contribution in [-0.2, 0) is 0 Å². The van der Waals surface area contributed by atoms with Crippen LogP contribution in [0.5, 0.6) is 0 Å². The summed E-state index contributed by atoms with van der Waals surface area (Å²) in [6.07, 6.45) is 5.11. The molecule has 4 nitrogen and oxygen atoms in total. The van der Waals surface area contributed by atoms with E-state index in [0.29, 0.717) is 0 Å². The van der Waals surface area contributed by atoms with E-state index in [1.807, 2.05) is 22.9 Å². The Balaban J connectivity index is 2.10. The largest absolute Gasteiger partial charge is 0.244 e. The molecule has 4 heteroatoms. The van der Waals surface area contributed by atoms with Crippen LogP contribution in [0.4, 0.5) is 0 Å². The molecular formula is C15H10N4. The first-order valence-electron chi connectivity index (χ1n) is 6.05. The maximum atomic E-state index is 4.43. The molecule has 0 unspecified atom stereocenters. The summed E-state index contributed by atoms with van der Waals surface area (Å²) in [5.74, 6) is 0. The minimum atomic E-state index is 0.825. The van der Waals surface area contributed by atoms with Gasteiger partial charge in [-0.1, -0.05) is 36.4 Å². The smallest absolute Gasteiger partial charge is 0.166 e. The van der Waals surface area contributed by atoms with Gasteiger partial charge in [-0.15, -0.1) is 0 Å². The van der Waals surface area contributed by atoms with Gasteiger partial charge in [0.2, 0.25) is 0 Å². The van der Waals surface area contributed by atoms with Gasteiger partial charge < -0.3 is 0 Å². The van der Waals surface area contributed by atoms with E-state index >= 15 is 0 Å². The minimum Gasteiger partial charge on any atom is -0.244 e. The molecule has 0 bridgehead atoms. The molecule has 0 aliphatic rings. The van der Waals surface area contributed by atoms with E-state index in [9.17, 15) is 0 Å². The van der Waals surface area contributed by atoms with Crippen LogP contribution in [0.3, 0.4) is 0 Å². The summed E-state index contributed by atoms with van der Waals surface area (Å²) in [6.45, 7) is 0. The normalized spacial score (nSPS) is 11.2. The van der Waals surface area contributed by atoms with E-state index in [1.54, 1.807) is 18.7 Å². The van der Waals surface area contributed by atoms with Gasteiger partial charge in [-0.2, -0.15) is 5.10 Å². The Morgan fingerprint density at radius 1 is 0.842 bits per heavy atom. The molecule has 0 atom stereocenters. The SMILES string of the molecule is c1ccc2c(-n3ncc4cncnc43)cccc2c1. The highest BCUT2D eigenvalue weighted by atomic mass is 15.3. The summed E-state index contributed by atoms with van der Waals surface area (Å²) in [6, 6.07) is 14.4. The molecule has 2 aromatic carbocycles. The van der Waals surface area contributed by atoms with Gasteiger partial charge in [0.1, 0.15) is 6.33 Å². The van der Waals surface area contributed by atoms with Gasteiger partial charge in [0, 0.05) is 11.6 Å². The molecule has 2 aromatic heterocycles. The standard InChI is InChI=1S/C15H10N4/c1-2-6-13-11(4-1)5-3-7-14(13)19-15-12(9-18-19)8-16-10-17-15/h1-10H. The van der Waals surface area contributed by atoms with Crippen LogP contribution in [0.25, 0.3) is 27.5 Å². The number of hydrogen-bond acceptors (Lipinski definition) is 3. The highest BCUT2D eigenvalue weighted by molar-refractivity contribution is 5.91. The first-order valence-corrected chi connectivity index (χ1v) is 6.05. The summed E-state index contributed by atoms with van der Waals surface area (Å²) >= 11 is 0. The Morgan fingerprint density at radius 2 is 1.74 bits per heavy atom. The van der Waals surface area contributed by atoms with Crippen LogP contribution in [-0.4, -0.2) is 19.7 Å². The number of rotatable bonds is 1. The second-order valence-electron chi connectivity index (χ2n) is 4.36. The van der Waals surface area contributed by atoms with Crippen LogP contribution in [0.2, 0.25) is 0 Å². The van der Waals surface area contributed by atoms with Crippen molar-refractivity contribution < 1.29 is 0 Å². The van der Waals surface area contributed by atoms with Crippen LogP contribution >= 0.6 is 0 Å². The van der Waals surface area contributed by atoms with Crippen molar-refractivity contribution in [1.82, 2.24) is 19.7 Å². The number of fused-ring (bicyclic) bond motifs is 2. The monoisotopic (exact) mass is 246 g/mol. The van der Waals surface area contributed by atoms with Gasteiger partial charge in [0.25, 0.3) is 0 Å². The van der Waals surface area contributed by atoms with Crippen LogP contribution < -0.4 is 0 Å². The van der Waals surface area contributed by atoms with Crippen LogP contribution in [0.1, 0.15) is 0 Å². The van der Waals surface area contributed by atoms with Crippen molar-refractivity contribution >= 4 is 21.8 Å². The molecule has 0 fully saturated rings. The van der Waals surface area contributed by atoms with E-state index < -0.39 is 0 Å². The molecule has 0 aliphatic heterocycles. The molecule has 0 aliphatic carbocycles. The zero-order valence-corrected chi connectivity index (χ0v) is 10.1. The first kappa shape index (κ1) is 10.2. The zero-order chi connectivity index (χ0) is 12.7. The van der Waals surface area contributed by atoms with Crippen LogP contribution in [0.15, 0.2) is 61.2 Å². The van der Waals surface area contributed by atoms with Gasteiger partial charge in [-0.05, 0) is 11.5 Å². The molecule has 0 spiro atoms. The fraction of sp³-hybridized carbons (Fsp3) is 0. The number of aromatic nitrogens is 4. The average molecular weight is 246 g/mol. The summed E-state index contributed by atoms with van der Waals surface area (Å²) in [7, 11) is 0. The molecule has 0 saturated heterocycles.